The van der Waals surface area contributed by atoms with E-state index in [1.807, 2.05) is 45.0 Å². The van der Waals surface area contributed by atoms with Gasteiger partial charge in [-0.2, -0.15) is 0 Å². The quantitative estimate of drug-likeness (QED) is 0.340. The Labute approximate surface area is 183 Å². The van der Waals surface area contributed by atoms with Crippen LogP contribution < -0.4 is 5.56 Å². The first-order chi connectivity index (χ1) is 14.2. The van der Waals surface area contributed by atoms with Crippen molar-refractivity contribution < 1.29 is 14.3 Å². The molecular weight excluding hydrogens is 420 g/mol. The second-order valence-corrected chi connectivity index (χ2v) is 10.5. The van der Waals surface area contributed by atoms with Crippen molar-refractivity contribution in [3.63, 3.8) is 0 Å². The van der Waals surface area contributed by atoms with Gasteiger partial charge >= 0.3 is 5.97 Å². The second-order valence-electron chi connectivity index (χ2n) is 8.07. The molecule has 1 aliphatic rings. The van der Waals surface area contributed by atoms with E-state index < -0.39 is 5.25 Å². The van der Waals surface area contributed by atoms with Crippen molar-refractivity contribution in [2.24, 2.45) is 0 Å². The Morgan fingerprint density at radius 1 is 1.40 bits per heavy atom. The van der Waals surface area contributed by atoms with E-state index in [-0.39, 0.29) is 17.1 Å². The first-order valence-electron chi connectivity index (χ1n) is 9.73. The Hall–Kier alpha value is -2.16. The van der Waals surface area contributed by atoms with Crippen molar-refractivity contribution in [1.82, 2.24) is 9.55 Å². The summed E-state index contributed by atoms with van der Waals surface area (Å²) in [5.41, 5.74) is 2.37. The summed E-state index contributed by atoms with van der Waals surface area (Å²) in [6, 6.07) is 7.74. The summed E-state index contributed by atoms with van der Waals surface area (Å²) in [5.74, 6) is -0.356. The van der Waals surface area contributed by atoms with Crippen molar-refractivity contribution in [3.8, 4) is 5.69 Å². The summed E-state index contributed by atoms with van der Waals surface area (Å²) in [5, 5.41) is 0.644. The molecule has 30 heavy (non-hydrogen) atoms. The molecule has 0 N–H and O–H groups in total. The monoisotopic (exact) mass is 444 g/mol. The molecule has 2 aromatic heterocycles. The lowest BCUT2D eigenvalue weighted by Gasteiger charge is -2.30. The Balaban J connectivity index is 1.97. The largest absolute Gasteiger partial charge is 0.468 e. The molecule has 1 atom stereocenters. The lowest BCUT2D eigenvalue weighted by molar-refractivity contribution is -0.139. The number of nitrogens with zero attached hydrogens (tertiary/aromatic N) is 2. The average molecular weight is 445 g/mol. The van der Waals surface area contributed by atoms with E-state index >= 15 is 0 Å². The maximum absolute atomic E-state index is 13.8. The molecule has 0 bridgehead atoms. The van der Waals surface area contributed by atoms with Crippen LogP contribution in [-0.4, -0.2) is 33.5 Å². The highest BCUT2D eigenvalue weighted by Crippen LogP contribution is 2.38. The fraction of sp³-hybridized carbons (Fsp3) is 0.409. The van der Waals surface area contributed by atoms with Crippen LogP contribution in [0.2, 0.25) is 0 Å². The molecule has 4 rings (SSSR count). The molecule has 0 fully saturated rings. The Bertz CT molecular complexity index is 1200. The molecule has 3 aromatic rings. The molecular formula is C22H24N2O4S2. The van der Waals surface area contributed by atoms with E-state index in [1.165, 1.54) is 30.2 Å². The van der Waals surface area contributed by atoms with E-state index in [2.05, 4.69) is 0 Å². The number of aromatic nitrogens is 2. The minimum atomic E-state index is -0.493. The molecule has 0 spiro atoms. The van der Waals surface area contributed by atoms with Gasteiger partial charge in [-0.3, -0.25) is 14.2 Å². The van der Waals surface area contributed by atoms with Crippen molar-refractivity contribution in [3.05, 3.63) is 50.6 Å². The smallest absolute Gasteiger partial charge is 0.318 e. The van der Waals surface area contributed by atoms with Crippen LogP contribution >= 0.6 is 23.1 Å². The van der Waals surface area contributed by atoms with E-state index in [0.29, 0.717) is 28.4 Å². The Morgan fingerprint density at radius 3 is 2.87 bits per heavy atom. The van der Waals surface area contributed by atoms with Crippen LogP contribution in [0.25, 0.3) is 15.9 Å². The van der Waals surface area contributed by atoms with Gasteiger partial charge in [-0.25, -0.2) is 4.98 Å². The highest BCUT2D eigenvalue weighted by atomic mass is 32.2. The molecule has 1 unspecified atom stereocenters. The number of benzene rings is 1. The summed E-state index contributed by atoms with van der Waals surface area (Å²) >= 11 is 2.73. The van der Waals surface area contributed by atoms with Gasteiger partial charge in [0.1, 0.15) is 10.1 Å². The summed E-state index contributed by atoms with van der Waals surface area (Å²) in [4.78, 5) is 32.4. The Kier molecular flexibility index (Phi) is 5.50. The first-order valence-corrected chi connectivity index (χ1v) is 11.4. The van der Waals surface area contributed by atoms with Crippen molar-refractivity contribution >= 4 is 39.3 Å². The number of rotatable bonds is 4. The number of fused-ring (bicyclic) bond motifs is 3. The lowest BCUT2D eigenvalue weighted by atomic mass is 9.94. The van der Waals surface area contributed by atoms with E-state index in [1.54, 1.807) is 11.5 Å². The van der Waals surface area contributed by atoms with Gasteiger partial charge in [0.25, 0.3) is 5.56 Å². The number of methoxy groups -OCH3 is 1. The molecule has 0 saturated heterocycles. The number of aryl methyl sites for hydroxylation is 1. The van der Waals surface area contributed by atoms with Gasteiger partial charge < -0.3 is 9.47 Å². The van der Waals surface area contributed by atoms with Crippen LogP contribution in [0, 0.1) is 6.92 Å². The first kappa shape index (κ1) is 21.1. The highest BCUT2D eigenvalue weighted by Gasteiger charge is 2.32. The number of thioether (sulfide) groups is 1. The molecule has 3 heterocycles. The van der Waals surface area contributed by atoms with Crippen LogP contribution in [0.3, 0.4) is 0 Å². The molecule has 8 heteroatoms. The van der Waals surface area contributed by atoms with Crippen LogP contribution in [0.15, 0.2) is 34.2 Å². The number of esters is 1. The lowest BCUT2D eigenvalue weighted by Crippen LogP contribution is -2.32. The number of carbonyl (C=O) groups excluding carboxylic acids is 1. The molecule has 158 valence electrons. The molecule has 0 aliphatic carbocycles. The minimum Gasteiger partial charge on any atom is -0.468 e. The van der Waals surface area contributed by atoms with Gasteiger partial charge in [0.15, 0.2) is 5.16 Å². The predicted molar refractivity (Wildman–Crippen MR) is 120 cm³/mol. The van der Waals surface area contributed by atoms with Crippen molar-refractivity contribution in [2.75, 3.05) is 7.11 Å². The summed E-state index contributed by atoms with van der Waals surface area (Å²) in [6.45, 7) is 8.29. The van der Waals surface area contributed by atoms with Crippen LogP contribution in [0.1, 0.15) is 36.8 Å². The predicted octanol–water partition coefficient (Wildman–Crippen LogP) is 4.26. The summed E-state index contributed by atoms with van der Waals surface area (Å²) < 4.78 is 12.4. The zero-order valence-electron chi connectivity index (χ0n) is 17.6. The zero-order chi connectivity index (χ0) is 21.6. The molecule has 6 nitrogen and oxygen atoms in total. The van der Waals surface area contributed by atoms with Gasteiger partial charge in [-0.1, -0.05) is 23.9 Å². The van der Waals surface area contributed by atoms with Gasteiger partial charge in [-0.05, 0) is 51.0 Å². The van der Waals surface area contributed by atoms with Crippen molar-refractivity contribution in [1.29, 1.82) is 0 Å². The molecule has 0 saturated carbocycles. The maximum atomic E-state index is 13.8. The van der Waals surface area contributed by atoms with Crippen molar-refractivity contribution in [2.45, 2.75) is 56.7 Å². The Morgan fingerprint density at radius 2 is 2.17 bits per heavy atom. The maximum Gasteiger partial charge on any atom is 0.318 e. The van der Waals surface area contributed by atoms with E-state index in [4.69, 9.17) is 14.5 Å². The third-order valence-electron chi connectivity index (χ3n) is 5.15. The van der Waals surface area contributed by atoms with Gasteiger partial charge in [0.05, 0.1) is 30.4 Å². The minimum absolute atomic E-state index is 0.111. The summed E-state index contributed by atoms with van der Waals surface area (Å²) in [6.07, 6.45) is 0.665. The molecule has 1 aliphatic heterocycles. The van der Waals surface area contributed by atoms with Gasteiger partial charge in [-0.15, -0.1) is 11.3 Å². The third-order valence-corrected chi connectivity index (χ3v) is 7.28. The summed E-state index contributed by atoms with van der Waals surface area (Å²) in [7, 11) is 1.36. The SMILES string of the molecule is COC(=O)C(C)Sc1nc2sc3c(c2c(=O)n1-c1cccc(C)c1)CC(C)(C)OC3. The van der Waals surface area contributed by atoms with E-state index in [9.17, 15) is 9.59 Å². The van der Waals surface area contributed by atoms with Crippen LogP contribution in [-0.2, 0) is 27.3 Å². The third kappa shape index (κ3) is 3.79. The highest BCUT2D eigenvalue weighted by molar-refractivity contribution is 8.00. The number of carbonyl (C=O) groups is 1. The molecule has 1 aromatic carbocycles. The van der Waals surface area contributed by atoms with Crippen LogP contribution in [0.5, 0.6) is 0 Å². The van der Waals surface area contributed by atoms with Crippen LogP contribution in [0.4, 0.5) is 0 Å². The number of hydrogen-bond acceptors (Lipinski definition) is 7. The normalized spacial score (nSPS) is 16.3. The van der Waals surface area contributed by atoms with Gasteiger partial charge in [0, 0.05) is 11.3 Å². The second kappa shape index (κ2) is 7.83. The fourth-order valence-electron chi connectivity index (χ4n) is 3.62. The average Bonchev–Trinajstić information content (AvgIpc) is 3.03. The van der Waals surface area contributed by atoms with E-state index in [0.717, 1.165) is 21.7 Å². The molecule has 0 radical (unpaired) electrons. The zero-order valence-corrected chi connectivity index (χ0v) is 19.3. The van der Waals surface area contributed by atoms with Gasteiger partial charge in [0.2, 0.25) is 0 Å². The number of hydrogen-bond donors (Lipinski definition) is 0. The number of thiophene rings is 1. The number of ether oxygens (including phenoxy) is 2. The fourth-order valence-corrected chi connectivity index (χ4v) is 5.72. The topological polar surface area (TPSA) is 70.4 Å². The standard InChI is InChI=1S/C22H24N2O4S2/c1-12-7-6-8-14(9-12)24-19(25)17-15-10-22(3,4)28-11-16(15)30-18(17)23-21(24)29-13(2)20(26)27-5/h6-9,13H,10-11H2,1-5H3. The molecule has 0 amide bonds.